The first kappa shape index (κ1) is 29.8. The van der Waals surface area contributed by atoms with Crippen LogP contribution in [0.2, 0.25) is 0 Å². The van der Waals surface area contributed by atoms with E-state index in [1.807, 2.05) is 0 Å². The van der Waals surface area contributed by atoms with Crippen LogP contribution in [0.1, 0.15) is 27.8 Å². The SMILES string of the molecule is O=S(=O)([O-])C(F)(F)F.c1ccc(CC[n+]2c3c(c(-c4ccccc4)c4c2-c2ccccc2CC4)CCc2ccccc2-3)cc1. The van der Waals surface area contributed by atoms with Gasteiger partial charge in [0.25, 0.3) is 0 Å². The van der Waals surface area contributed by atoms with Crippen LogP contribution < -0.4 is 4.57 Å². The van der Waals surface area contributed by atoms with Crippen molar-refractivity contribution in [1.29, 1.82) is 0 Å². The molecule has 0 saturated heterocycles. The first-order valence-corrected chi connectivity index (χ1v) is 15.9. The first-order chi connectivity index (χ1) is 21.1. The number of aryl methyl sites for hydroxylation is 3. The molecule has 2 aliphatic carbocycles. The van der Waals surface area contributed by atoms with Crippen LogP contribution in [0, 0.1) is 0 Å². The molecule has 44 heavy (non-hydrogen) atoms. The van der Waals surface area contributed by atoms with Gasteiger partial charge in [-0.1, -0.05) is 97.1 Å². The first-order valence-electron chi connectivity index (χ1n) is 14.5. The van der Waals surface area contributed by atoms with Crippen molar-refractivity contribution in [3.8, 4) is 33.6 Å². The number of pyridine rings is 1. The third kappa shape index (κ3) is 5.79. The van der Waals surface area contributed by atoms with Gasteiger partial charge in [-0.3, -0.25) is 0 Å². The summed E-state index contributed by atoms with van der Waals surface area (Å²) in [5, 5.41) is 0. The third-order valence-electron chi connectivity index (χ3n) is 8.36. The number of fused-ring (bicyclic) bond motifs is 6. The quantitative estimate of drug-likeness (QED) is 0.120. The summed E-state index contributed by atoms with van der Waals surface area (Å²) in [7, 11) is -6.09. The summed E-state index contributed by atoms with van der Waals surface area (Å²) in [5.74, 6) is 0. The Bertz CT molecular complexity index is 1850. The highest BCUT2D eigenvalue weighted by atomic mass is 32.2. The van der Waals surface area contributed by atoms with Gasteiger partial charge in [-0.15, -0.1) is 0 Å². The summed E-state index contributed by atoms with van der Waals surface area (Å²) >= 11 is 0. The van der Waals surface area contributed by atoms with Crippen molar-refractivity contribution in [2.45, 2.75) is 44.2 Å². The van der Waals surface area contributed by atoms with E-state index >= 15 is 0 Å². The standard InChI is InChI=1S/C35H30N.CHF3O3S/c1-3-11-25(12-4-1)23-24-36-34-29-17-9-7-13-26(29)19-21-31(34)33(28-15-5-2-6-16-28)32-22-20-27-14-8-10-18-30(27)35(32)36;2-1(3,4)8(5,6)7/h1-18H,19-24H2;(H,5,6,7)/q+1;/p-1. The maximum atomic E-state index is 10.7. The van der Waals surface area contributed by atoms with E-state index < -0.39 is 15.6 Å². The predicted octanol–water partition coefficient (Wildman–Crippen LogP) is 7.47. The molecular formula is C36H30F3NO3S. The molecule has 0 amide bonds. The van der Waals surface area contributed by atoms with E-state index in [9.17, 15) is 13.2 Å². The fourth-order valence-corrected chi connectivity index (χ4v) is 6.48. The summed E-state index contributed by atoms with van der Waals surface area (Å²) in [6.07, 6.45) is 5.43. The second kappa shape index (κ2) is 12.0. The van der Waals surface area contributed by atoms with Gasteiger partial charge in [0.05, 0.1) is 0 Å². The topological polar surface area (TPSA) is 61.1 Å². The molecule has 0 saturated carbocycles. The second-order valence-corrected chi connectivity index (χ2v) is 12.4. The van der Waals surface area contributed by atoms with Crippen LogP contribution in [-0.2, 0) is 48.8 Å². The van der Waals surface area contributed by atoms with Crippen molar-refractivity contribution in [3.05, 3.63) is 137 Å². The lowest BCUT2D eigenvalue weighted by atomic mass is 9.77. The predicted molar refractivity (Wildman–Crippen MR) is 164 cm³/mol. The number of nitrogens with zero attached hydrogens (tertiary/aromatic N) is 1. The monoisotopic (exact) mass is 613 g/mol. The van der Waals surface area contributed by atoms with Gasteiger partial charge >= 0.3 is 5.51 Å². The summed E-state index contributed by atoms with van der Waals surface area (Å²) in [6, 6.07) is 40.3. The highest BCUT2D eigenvalue weighted by Crippen LogP contribution is 2.44. The maximum absolute atomic E-state index is 10.7. The number of aromatic nitrogens is 1. The van der Waals surface area contributed by atoms with Crippen molar-refractivity contribution in [3.63, 3.8) is 0 Å². The number of benzene rings is 4. The molecule has 8 heteroatoms. The largest absolute Gasteiger partial charge is 0.741 e. The Balaban J connectivity index is 0.000000381. The molecule has 0 unspecified atom stereocenters. The van der Waals surface area contributed by atoms with Gasteiger partial charge in [-0.05, 0) is 60.1 Å². The molecule has 0 bridgehead atoms. The second-order valence-electron chi connectivity index (χ2n) is 11.0. The smallest absolute Gasteiger partial charge is 0.485 e. The minimum atomic E-state index is -6.09. The van der Waals surface area contributed by atoms with Gasteiger partial charge in [0.15, 0.2) is 16.7 Å². The average molecular weight is 614 g/mol. The Kier molecular flexibility index (Phi) is 8.14. The van der Waals surface area contributed by atoms with Gasteiger partial charge in [0.2, 0.25) is 11.4 Å². The highest BCUT2D eigenvalue weighted by Gasteiger charge is 2.38. The van der Waals surface area contributed by atoms with Crippen LogP contribution in [0.5, 0.6) is 0 Å². The fraction of sp³-hybridized carbons (Fsp3) is 0.194. The van der Waals surface area contributed by atoms with Gasteiger partial charge in [-0.25, -0.2) is 8.42 Å². The highest BCUT2D eigenvalue weighted by molar-refractivity contribution is 7.86. The van der Waals surface area contributed by atoms with Crippen LogP contribution in [0.15, 0.2) is 109 Å². The van der Waals surface area contributed by atoms with E-state index in [-0.39, 0.29) is 0 Å². The Hall–Kier alpha value is -4.27. The molecule has 224 valence electrons. The molecule has 0 fully saturated rings. The van der Waals surface area contributed by atoms with Crippen LogP contribution in [-0.4, -0.2) is 18.5 Å². The number of alkyl halides is 3. The molecule has 0 radical (unpaired) electrons. The van der Waals surface area contributed by atoms with Crippen LogP contribution >= 0.6 is 0 Å². The Morgan fingerprint density at radius 3 is 1.55 bits per heavy atom. The lowest BCUT2D eigenvalue weighted by molar-refractivity contribution is -0.675. The van der Waals surface area contributed by atoms with Crippen molar-refractivity contribution in [1.82, 2.24) is 0 Å². The lowest BCUT2D eigenvalue weighted by Crippen LogP contribution is -2.44. The van der Waals surface area contributed by atoms with Gasteiger partial charge in [0, 0.05) is 34.2 Å². The Morgan fingerprint density at radius 2 is 1.07 bits per heavy atom. The summed E-state index contributed by atoms with van der Waals surface area (Å²) in [4.78, 5) is 0. The number of halogens is 3. The molecule has 7 rings (SSSR count). The van der Waals surface area contributed by atoms with Crippen molar-refractivity contribution < 1.29 is 30.7 Å². The Morgan fingerprint density at radius 1 is 0.636 bits per heavy atom. The van der Waals surface area contributed by atoms with E-state index in [1.54, 1.807) is 0 Å². The van der Waals surface area contributed by atoms with Gasteiger partial charge in [0.1, 0.15) is 0 Å². The molecule has 4 nitrogen and oxygen atoms in total. The van der Waals surface area contributed by atoms with Crippen LogP contribution in [0.3, 0.4) is 0 Å². The van der Waals surface area contributed by atoms with Crippen molar-refractivity contribution in [2.24, 2.45) is 0 Å². The average Bonchev–Trinajstić information content (AvgIpc) is 3.03. The zero-order valence-electron chi connectivity index (χ0n) is 23.8. The van der Waals surface area contributed by atoms with E-state index in [0.717, 1.165) is 38.6 Å². The molecular weight excluding hydrogens is 583 g/mol. The van der Waals surface area contributed by atoms with Gasteiger partial charge < -0.3 is 4.55 Å². The van der Waals surface area contributed by atoms with E-state index in [4.69, 9.17) is 13.0 Å². The molecule has 0 spiro atoms. The zero-order chi connectivity index (χ0) is 30.9. The Labute approximate surface area is 255 Å². The van der Waals surface area contributed by atoms with Crippen molar-refractivity contribution in [2.75, 3.05) is 0 Å². The van der Waals surface area contributed by atoms with Crippen molar-refractivity contribution >= 4 is 10.1 Å². The maximum Gasteiger partial charge on any atom is 0.485 e. The number of hydrogen-bond donors (Lipinski definition) is 0. The van der Waals surface area contributed by atoms with E-state index in [0.29, 0.717) is 0 Å². The molecule has 2 aliphatic rings. The zero-order valence-corrected chi connectivity index (χ0v) is 24.7. The molecule has 0 atom stereocenters. The molecule has 1 aromatic heterocycles. The van der Waals surface area contributed by atoms with E-state index in [1.165, 1.54) is 61.5 Å². The molecule has 0 aliphatic heterocycles. The molecule has 0 N–H and O–H groups in total. The summed E-state index contributed by atoms with van der Waals surface area (Å²) < 4.78 is 61.6. The molecule has 1 heterocycles. The fourth-order valence-electron chi connectivity index (χ4n) is 6.48. The van der Waals surface area contributed by atoms with Crippen LogP contribution in [0.25, 0.3) is 33.6 Å². The number of rotatable bonds is 4. The third-order valence-corrected chi connectivity index (χ3v) is 8.93. The molecule has 4 aromatic carbocycles. The lowest BCUT2D eigenvalue weighted by Gasteiger charge is -2.28. The summed E-state index contributed by atoms with van der Waals surface area (Å²) in [6.45, 7) is 0.979. The van der Waals surface area contributed by atoms with E-state index in [2.05, 4.69) is 114 Å². The number of hydrogen-bond acceptors (Lipinski definition) is 3. The minimum Gasteiger partial charge on any atom is -0.741 e. The van der Waals surface area contributed by atoms with Crippen LogP contribution in [0.4, 0.5) is 13.2 Å². The summed E-state index contributed by atoms with van der Waals surface area (Å²) in [5.41, 5.74) is 10.3. The molecule has 5 aromatic rings. The van der Waals surface area contributed by atoms with Gasteiger partial charge in [-0.2, -0.15) is 17.7 Å². The minimum absolute atomic E-state index is 0.979. The normalized spacial score (nSPS) is 13.5.